The van der Waals surface area contributed by atoms with E-state index in [2.05, 4.69) is 24.0 Å². The quantitative estimate of drug-likeness (QED) is 0.704. The lowest BCUT2D eigenvalue weighted by Gasteiger charge is -2.13. The number of fused-ring (bicyclic) bond motifs is 1. The van der Waals surface area contributed by atoms with Crippen molar-refractivity contribution in [2.75, 3.05) is 0 Å². The number of rotatable bonds is 6. The summed E-state index contributed by atoms with van der Waals surface area (Å²) in [5.74, 6) is 0. The Kier molecular flexibility index (Phi) is 4.13. The van der Waals surface area contributed by atoms with Crippen molar-refractivity contribution in [3.63, 3.8) is 0 Å². The van der Waals surface area contributed by atoms with E-state index in [1.54, 1.807) is 0 Å². The van der Waals surface area contributed by atoms with E-state index in [1.165, 1.54) is 25.7 Å². The van der Waals surface area contributed by atoms with Crippen LogP contribution in [0.1, 0.15) is 52.0 Å². The number of hydrogen-bond donors (Lipinski definition) is 0. The van der Waals surface area contributed by atoms with Crippen LogP contribution in [0.15, 0.2) is 24.3 Å². The Morgan fingerprint density at radius 3 is 2.24 bits per heavy atom. The van der Waals surface area contributed by atoms with E-state index in [-0.39, 0.29) is 0 Å². The molecule has 0 saturated carbocycles. The first-order valence-electron chi connectivity index (χ1n) is 6.66. The number of benzene rings is 1. The summed E-state index contributed by atoms with van der Waals surface area (Å²) in [7, 11) is 0. The summed E-state index contributed by atoms with van der Waals surface area (Å²) in [6.45, 7) is 4.45. The van der Waals surface area contributed by atoms with Crippen molar-refractivity contribution < 1.29 is 0 Å². The molecule has 0 radical (unpaired) electrons. The minimum Gasteiger partial charge on any atom is -0.181 e. The maximum atomic E-state index is 4.57. The minimum absolute atomic E-state index is 0.453. The monoisotopic (exact) mass is 231 g/mol. The van der Waals surface area contributed by atoms with Crippen LogP contribution in [-0.4, -0.2) is 15.0 Å². The molecule has 92 valence electrons. The van der Waals surface area contributed by atoms with Crippen LogP contribution in [0.2, 0.25) is 0 Å². The van der Waals surface area contributed by atoms with Gasteiger partial charge in [-0.05, 0) is 25.0 Å². The number of hydrogen-bond acceptors (Lipinski definition) is 2. The summed E-state index contributed by atoms with van der Waals surface area (Å²) in [4.78, 5) is 1.92. The smallest absolute Gasteiger partial charge is 0.113 e. The standard InChI is InChI=1S/C14H21N3/c1-3-5-6-9-12(4-2)17-15-13-10-7-8-11-14(13)16-17/h7-8,10-12H,3-6,9H2,1-2H3. The number of unbranched alkanes of at least 4 members (excludes halogenated alkanes) is 2. The molecular formula is C14H21N3. The van der Waals surface area contributed by atoms with E-state index in [0.29, 0.717) is 6.04 Å². The van der Waals surface area contributed by atoms with E-state index in [1.807, 2.05) is 29.1 Å². The second kappa shape index (κ2) is 5.80. The molecule has 2 rings (SSSR count). The molecule has 3 nitrogen and oxygen atoms in total. The predicted molar refractivity (Wildman–Crippen MR) is 71.0 cm³/mol. The van der Waals surface area contributed by atoms with Crippen molar-refractivity contribution in [3.05, 3.63) is 24.3 Å². The zero-order valence-corrected chi connectivity index (χ0v) is 10.8. The minimum atomic E-state index is 0.453. The van der Waals surface area contributed by atoms with Gasteiger partial charge in [0.2, 0.25) is 0 Å². The van der Waals surface area contributed by atoms with Crippen LogP contribution < -0.4 is 0 Å². The lowest BCUT2D eigenvalue weighted by molar-refractivity contribution is 0.361. The van der Waals surface area contributed by atoms with Gasteiger partial charge < -0.3 is 0 Å². The van der Waals surface area contributed by atoms with E-state index >= 15 is 0 Å². The van der Waals surface area contributed by atoms with Gasteiger partial charge in [-0.15, -0.1) is 0 Å². The van der Waals surface area contributed by atoms with Crippen molar-refractivity contribution >= 4 is 11.0 Å². The number of nitrogens with zero attached hydrogens (tertiary/aromatic N) is 3. The average molecular weight is 231 g/mol. The molecule has 3 heteroatoms. The first-order valence-corrected chi connectivity index (χ1v) is 6.66. The highest BCUT2D eigenvalue weighted by Crippen LogP contribution is 2.19. The molecule has 0 aliphatic carbocycles. The molecule has 1 unspecified atom stereocenters. The van der Waals surface area contributed by atoms with Crippen LogP contribution >= 0.6 is 0 Å². The first kappa shape index (κ1) is 12.1. The highest BCUT2D eigenvalue weighted by molar-refractivity contribution is 5.72. The molecule has 0 fully saturated rings. The zero-order chi connectivity index (χ0) is 12.1. The molecule has 0 spiro atoms. The Balaban J connectivity index is 2.12. The topological polar surface area (TPSA) is 30.7 Å². The van der Waals surface area contributed by atoms with E-state index in [0.717, 1.165) is 17.5 Å². The molecule has 0 bridgehead atoms. The first-order chi connectivity index (χ1) is 8.35. The normalized spacial score (nSPS) is 13.1. The van der Waals surface area contributed by atoms with Crippen molar-refractivity contribution in [1.29, 1.82) is 0 Å². The Labute approximate surface area is 103 Å². The van der Waals surface area contributed by atoms with Crippen LogP contribution in [0.3, 0.4) is 0 Å². The van der Waals surface area contributed by atoms with Crippen molar-refractivity contribution in [2.45, 2.75) is 52.0 Å². The molecule has 0 saturated heterocycles. The molecule has 0 aliphatic rings. The van der Waals surface area contributed by atoms with E-state index in [4.69, 9.17) is 0 Å². The lowest BCUT2D eigenvalue weighted by Crippen LogP contribution is -2.11. The predicted octanol–water partition coefficient (Wildman–Crippen LogP) is 3.96. The molecule has 1 aromatic heterocycles. The molecule has 1 heterocycles. The van der Waals surface area contributed by atoms with Gasteiger partial charge in [-0.3, -0.25) is 0 Å². The molecular weight excluding hydrogens is 210 g/mol. The summed E-state index contributed by atoms with van der Waals surface area (Å²) in [6.07, 6.45) is 6.13. The van der Waals surface area contributed by atoms with E-state index in [9.17, 15) is 0 Å². The van der Waals surface area contributed by atoms with Gasteiger partial charge in [-0.25, -0.2) is 0 Å². The third kappa shape index (κ3) is 2.84. The maximum Gasteiger partial charge on any atom is 0.113 e. The van der Waals surface area contributed by atoms with Crippen molar-refractivity contribution in [3.8, 4) is 0 Å². The molecule has 0 aliphatic heterocycles. The summed E-state index contributed by atoms with van der Waals surface area (Å²) in [6, 6.07) is 8.53. The molecule has 2 aromatic rings. The fourth-order valence-electron chi connectivity index (χ4n) is 2.15. The second-order valence-corrected chi connectivity index (χ2v) is 4.57. The fourth-order valence-corrected chi connectivity index (χ4v) is 2.15. The molecule has 0 amide bonds. The van der Waals surface area contributed by atoms with Crippen LogP contribution in [0, 0.1) is 0 Å². The maximum absolute atomic E-state index is 4.57. The molecule has 0 N–H and O–H groups in total. The summed E-state index contributed by atoms with van der Waals surface area (Å²) < 4.78 is 0. The van der Waals surface area contributed by atoms with Gasteiger partial charge in [0.15, 0.2) is 0 Å². The van der Waals surface area contributed by atoms with Crippen LogP contribution in [-0.2, 0) is 0 Å². The lowest BCUT2D eigenvalue weighted by atomic mass is 10.1. The van der Waals surface area contributed by atoms with E-state index < -0.39 is 0 Å². The van der Waals surface area contributed by atoms with Crippen LogP contribution in [0.5, 0.6) is 0 Å². The average Bonchev–Trinajstić information content (AvgIpc) is 2.78. The van der Waals surface area contributed by atoms with Gasteiger partial charge in [0.05, 0.1) is 6.04 Å². The van der Waals surface area contributed by atoms with Gasteiger partial charge in [-0.2, -0.15) is 15.0 Å². The van der Waals surface area contributed by atoms with Gasteiger partial charge in [0, 0.05) is 0 Å². The highest BCUT2D eigenvalue weighted by atomic mass is 15.5. The van der Waals surface area contributed by atoms with Gasteiger partial charge in [0.25, 0.3) is 0 Å². The van der Waals surface area contributed by atoms with Gasteiger partial charge >= 0.3 is 0 Å². The molecule has 1 atom stereocenters. The zero-order valence-electron chi connectivity index (χ0n) is 10.8. The Bertz CT molecular complexity index is 428. The van der Waals surface area contributed by atoms with Crippen molar-refractivity contribution in [1.82, 2.24) is 15.0 Å². The SMILES string of the molecule is CCCCCC(CC)n1nc2ccccc2n1. The Morgan fingerprint density at radius 2 is 1.71 bits per heavy atom. The van der Waals surface area contributed by atoms with Crippen LogP contribution in [0.25, 0.3) is 11.0 Å². The second-order valence-electron chi connectivity index (χ2n) is 4.57. The van der Waals surface area contributed by atoms with Gasteiger partial charge in [-0.1, -0.05) is 45.2 Å². The summed E-state index contributed by atoms with van der Waals surface area (Å²) in [5, 5.41) is 9.14. The molecule has 17 heavy (non-hydrogen) atoms. The Hall–Kier alpha value is -1.38. The highest BCUT2D eigenvalue weighted by Gasteiger charge is 2.11. The third-order valence-corrected chi connectivity index (χ3v) is 3.24. The Morgan fingerprint density at radius 1 is 1.06 bits per heavy atom. The fraction of sp³-hybridized carbons (Fsp3) is 0.571. The van der Waals surface area contributed by atoms with Crippen LogP contribution in [0.4, 0.5) is 0 Å². The van der Waals surface area contributed by atoms with Gasteiger partial charge in [0.1, 0.15) is 11.0 Å². The third-order valence-electron chi connectivity index (χ3n) is 3.24. The summed E-state index contributed by atoms with van der Waals surface area (Å²) >= 11 is 0. The van der Waals surface area contributed by atoms with Crippen molar-refractivity contribution in [2.24, 2.45) is 0 Å². The molecule has 1 aromatic carbocycles. The number of aromatic nitrogens is 3. The largest absolute Gasteiger partial charge is 0.181 e. The summed E-state index contributed by atoms with van der Waals surface area (Å²) in [5.41, 5.74) is 2.00.